The molecule has 1 amide bonds. The Morgan fingerprint density at radius 1 is 1.22 bits per heavy atom. The van der Waals surface area contributed by atoms with E-state index in [1.165, 1.54) is 12.1 Å². The fourth-order valence-corrected chi connectivity index (χ4v) is 4.09. The lowest BCUT2D eigenvalue weighted by molar-refractivity contribution is 0.0954. The van der Waals surface area contributed by atoms with E-state index >= 15 is 0 Å². The number of hydrogen-bond donors (Lipinski definition) is 3. The van der Waals surface area contributed by atoms with Crippen LogP contribution >= 0.6 is 24.0 Å². The van der Waals surface area contributed by atoms with Crippen molar-refractivity contribution in [3.63, 3.8) is 0 Å². The number of sulfone groups is 1. The molecule has 0 aromatic heterocycles. The van der Waals surface area contributed by atoms with Crippen molar-refractivity contribution >= 4 is 45.7 Å². The quantitative estimate of drug-likeness (QED) is 0.240. The maximum Gasteiger partial charge on any atom is 0.251 e. The van der Waals surface area contributed by atoms with Crippen molar-refractivity contribution in [1.82, 2.24) is 15.5 Å². The number of guanidine groups is 1. The number of nitrogens with zero attached hydrogens (tertiary/aromatic N) is 2. The Morgan fingerprint density at radius 2 is 1.81 bits per heavy atom. The second-order valence-electron chi connectivity index (χ2n) is 6.78. The molecular formula is C17H27IN4O4S. The molecule has 27 heavy (non-hydrogen) atoms. The van der Waals surface area contributed by atoms with Gasteiger partial charge in [-0.05, 0) is 38.1 Å². The highest BCUT2D eigenvalue weighted by atomic mass is 127. The van der Waals surface area contributed by atoms with Crippen molar-refractivity contribution in [3.05, 3.63) is 29.8 Å². The van der Waals surface area contributed by atoms with E-state index in [4.69, 9.17) is 0 Å². The Kier molecular flexibility index (Phi) is 8.33. The molecule has 152 valence electrons. The number of hydrogen-bond acceptors (Lipinski definition) is 5. The molecule has 0 aliphatic carbocycles. The molecule has 1 fully saturated rings. The van der Waals surface area contributed by atoms with Crippen LogP contribution in [0.1, 0.15) is 24.2 Å². The summed E-state index contributed by atoms with van der Waals surface area (Å²) in [4.78, 5) is 18.1. The van der Waals surface area contributed by atoms with E-state index < -0.39 is 14.6 Å². The summed E-state index contributed by atoms with van der Waals surface area (Å²) in [5, 5.41) is 15.2. The van der Waals surface area contributed by atoms with Crippen LogP contribution in [0.15, 0.2) is 29.3 Å². The van der Waals surface area contributed by atoms with Gasteiger partial charge in [-0.2, -0.15) is 0 Å². The van der Waals surface area contributed by atoms with Crippen LogP contribution in [0.25, 0.3) is 0 Å². The molecule has 1 aliphatic rings. The topological polar surface area (TPSA) is 111 Å². The number of halogens is 1. The van der Waals surface area contributed by atoms with Crippen molar-refractivity contribution in [3.8, 4) is 5.75 Å². The van der Waals surface area contributed by atoms with E-state index in [1.807, 2.05) is 4.90 Å². The van der Waals surface area contributed by atoms with Gasteiger partial charge in [0.25, 0.3) is 5.91 Å². The fourth-order valence-electron chi connectivity index (χ4n) is 2.72. The number of phenolic OH excluding ortho intramolecular Hbond substituents is 1. The lowest BCUT2D eigenvalue weighted by atomic mass is 10.2. The summed E-state index contributed by atoms with van der Waals surface area (Å²) in [5.74, 6) is 0.593. The first kappa shape index (κ1) is 23.5. The minimum atomic E-state index is -3.11. The molecule has 0 spiro atoms. The van der Waals surface area contributed by atoms with Crippen LogP contribution in [0.4, 0.5) is 0 Å². The highest BCUT2D eigenvalue weighted by Gasteiger charge is 2.40. The van der Waals surface area contributed by atoms with Crippen LogP contribution in [0.2, 0.25) is 0 Å². The van der Waals surface area contributed by atoms with Gasteiger partial charge in [-0.15, -0.1) is 24.0 Å². The lowest BCUT2D eigenvalue weighted by Crippen LogP contribution is -2.57. The number of aliphatic imine (C=N–C) groups is 1. The molecule has 0 radical (unpaired) electrons. The predicted molar refractivity (Wildman–Crippen MR) is 117 cm³/mol. The van der Waals surface area contributed by atoms with Gasteiger partial charge >= 0.3 is 0 Å². The number of rotatable bonds is 4. The van der Waals surface area contributed by atoms with Crippen molar-refractivity contribution in [1.29, 1.82) is 0 Å². The summed E-state index contributed by atoms with van der Waals surface area (Å²) < 4.78 is 23.4. The van der Waals surface area contributed by atoms with Crippen molar-refractivity contribution in [2.24, 2.45) is 4.99 Å². The molecule has 0 unspecified atom stereocenters. The highest BCUT2D eigenvalue weighted by molar-refractivity contribution is 14.0. The summed E-state index contributed by atoms with van der Waals surface area (Å²) in [6, 6.07) is 6.02. The minimum Gasteiger partial charge on any atom is -0.508 e. The zero-order valence-corrected chi connectivity index (χ0v) is 18.9. The number of benzene rings is 1. The first-order valence-electron chi connectivity index (χ1n) is 8.41. The molecule has 1 saturated heterocycles. The molecular weight excluding hydrogens is 483 g/mol. The fraction of sp³-hybridized carbons (Fsp3) is 0.529. The molecule has 10 heteroatoms. The Morgan fingerprint density at radius 3 is 2.37 bits per heavy atom. The molecule has 1 aromatic carbocycles. The average Bonchev–Trinajstić information content (AvgIpc) is 2.58. The number of nitrogens with one attached hydrogen (secondary N) is 2. The van der Waals surface area contributed by atoms with E-state index in [1.54, 1.807) is 33.0 Å². The van der Waals surface area contributed by atoms with Crippen LogP contribution in [0.3, 0.4) is 0 Å². The van der Waals surface area contributed by atoms with Gasteiger partial charge in [0, 0.05) is 38.8 Å². The zero-order valence-electron chi connectivity index (χ0n) is 15.7. The van der Waals surface area contributed by atoms with Crippen LogP contribution < -0.4 is 10.6 Å². The maximum absolute atomic E-state index is 12.1. The van der Waals surface area contributed by atoms with E-state index in [9.17, 15) is 18.3 Å². The smallest absolute Gasteiger partial charge is 0.251 e. The Labute approximate surface area is 177 Å². The van der Waals surface area contributed by atoms with E-state index in [0.29, 0.717) is 37.7 Å². The summed E-state index contributed by atoms with van der Waals surface area (Å²) in [6.45, 7) is 5.05. The summed E-state index contributed by atoms with van der Waals surface area (Å²) >= 11 is 0. The number of carbonyl (C=O) groups excluding carboxylic acids is 1. The Balaban J connectivity index is 0.00000364. The van der Waals surface area contributed by atoms with Crippen LogP contribution in [-0.4, -0.2) is 74.0 Å². The molecule has 8 nitrogen and oxygen atoms in total. The van der Waals surface area contributed by atoms with Gasteiger partial charge in [0.15, 0.2) is 15.8 Å². The number of phenols is 1. The molecule has 0 saturated carbocycles. The van der Waals surface area contributed by atoms with E-state index in [0.717, 1.165) is 0 Å². The summed E-state index contributed by atoms with van der Waals surface area (Å²) in [7, 11) is -1.46. The van der Waals surface area contributed by atoms with E-state index in [2.05, 4.69) is 15.6 Å². The highest BCUT2D eigenvalue weighted by Crippen LogP contribution is 2.23. The van der Waals surface area contributed by atoms with Gasteiger partial charge in [-0.3, -0.25) is 9.79 Å². The van der Waals surface area contributed by atoms with Crippen LogP contribution in [0, 0.1) is 0 Å². The molecule has 1 heterocycles. The van der Waals surface area contributed by atoms with Gasteiger partial charge in [-0.25, -0.2) is 8.42 Å². The summed E-state index contributed by atoms with van der Waals surface area (Å²) in [6.07, 6.45) is 0. The lowest BCUT2D eigenvalue weighted by Gasteiger charge is -2.39. The second-order valence-corrected chi connectivity index (χ2v) is 9.52. The van der Waals surface area contributed by atoms with Gasteiger partial charge in [-0.1, -0.05) is 0 Å². The van der Waals surface area contributed by atoms with Crippen LogP contribution in [0.5, 0.6) is 5.75 Å². The third kappa shape index (κ3) is 5.96. The average molecular weight is 510 g/mol. The van der Waals surface area contributed by atoms with Crippen LogP contribution in [-0.2, 0) is 9.84 Å². The number of carbonyl (C=O) groups is 1. The Hall–Kier alpha value is -1.56. The molecule has 2 rings (SSSR count). The minimum absolute atomic E-state index is 0. The van der Waals surface area contributed by atoms with Crippen molar-refractivity contribution in [2.45, 2.75) is 18.6 Å². The molecule has 0 atom stereocenters. The predicted octanol–water partition coefficient (Wildman–Crippen LogP) is 0.824. The molecule has 0 bridgehead atoms. The zero-order chi connectivity index (χ0) is 19.4. The van der Waals surface area contributed by atoms with Gasteiger partial charge < -0.3 is 20.6 Å². The summed E-state index contributed by atoms with van der Waals surface area (Å²) in [5.41, 5.74) is 0.468. The number of aromatic hydroxyl groups is 1. The Bertz CT molecular complexity index is 779. The first-order chi connectivity index (χ1) is 12.2. The van der Waals surface area contributed by atoms with Gasteiger partial charge in [0.2, 0.25) is 0 Å². The standard InChI is InChI=1S/C17H26N4O4S.HI/c1-17(2)12-21(10-11-26(17,24)25)16(18-3)20-9-8-19-15(23)13-4-6-14(22)7-5-13;/h4-7,22H,8-12H2,1-3H3,(H,18,20)(H,19,23);1H. The van der Waals surface area contributed by atoms with Crippen molar-refractivity contribution < 1.29 is 18.3 Å². The second kappa shape index (κ2) is 9.58. The SMILES string of the molecule is CN=C(NCCNC(=O)c1ccc(O)cc1)N1CCS(=O)(=O)C(C)(C)C1.I. The maximum atomic E-state index is 12.1. The molecule has 1 aliphatic heterocycles. The third-order valence-electron chi connectivity index (χ3n) is 4.38. The third-order valence-corrected chi connectivity index (χ3v) is 6.91. The van der Waals surface area contributed by atoms with E-state index in [-0.39, 0.29) is 41.4 Å². The molecule has 1 aromatic rings. The van der Waals surface area contributed by atoms with Crippen molar-refractivity contribution in [2.75, 3.05) is 39.0 Å². The monoisotopic (exact) mass is 510 g/mol. The number of amides is 1. The molecule has 3 N–H and O–H groups in total. The van der Waals surface area contributed by atoms with Gasteiger partial charge in [0.05, 0.1) is 10.5 Å². The normalized spacial score (nSPS) is 18.3. The first-order valence-corrected chi connectivity index (χ1v) is 10.1. The largest absolute Gasteiger partial charge is 0.508 e. The van der Waals surface area contributed by atoms with Gasteiger partial charge in [0.1, 0.15) is 5.75 Å².